The summed E-state index contributed by atoms with van der Waals surface area (Å²) in [5, 5.41) is 0.667. The highest BCUT2D eigenvalue weighted by Gasteiger charge is 2.22. The molecular formula is C18H21ClN3O2+. The van der Waals surface area contributed by atoms with E-state index >= 15 is 0 Å². The lowest BCUT2D eigenvalue weighted by atomic mass is 10.2. The first-order valence-corrected chi connectivity index (χ1v) is 8.39. The van der Waals surface area contributed by atoms with E-state index in [4.69, 9.17) is 16.3 Å². The molecule has 1 amide bonds. The average Bonchev–Trinajstić information content (AvgIpc) is 2.62. The van der Waals surface area contributed by atoms with Crippen molar-refractivity contribution in [1.82, 2.24) is 4.90 Å². The van der Waals surface area contributed by atoms with Gasteiger partial charge in [-0.2, -0.15) is 0 Å². The third kappa shape index (κ3) is 3.97. The summed E-state index contributed by atoms with van der Waals surface area (Å²) in [5.74, 6) is 0.720. The van der Waals surface area contributed by atoms with Crippen molar-refractivity contribution >= 4 is 23.2 Å². The molecule has 1 fully saturated rings. The second-order valence-electron chi connectivity index (χ2n) is 5.82. The summed E-state index contributed by atoms with van der Waals surface area (Å²) in [7, 11) is 0. The topological polar surface area (TPSA) is 46.9 Å². The monoisotopic (exact) mass is 346 g/mol. The second kappa shape index (κ2) is 7.53. The molecule has 3 rings (SSSR count). The predicted molar refractivity (Wildman–Crippen MR) is 93.5 cm³/mol. The van der Waals surface area contributed by atoms with Crippen LogP contribution in [0.4, 0.5) is 5.69 Å². The number of aryl methyl sites for hydroxylation is 1. The highest BCUT2D eigenvalue weighted by atomic mass is 35.5. The minimum Gasteiger partial charge on any atom is -0.483 e. The van der Waals surface area contributed by atoms with Gasteiger partial charge in [0.05, 0.1) is 0 Å². The SMILES string of the molecule is Cc1cc(Cl)ccc1OCC(=O)N1CCN(c2cc[nH+]cc2)CC1. The summed E-state index contributed by atoms with van der Waals surface area (Å²) in [4.78, 5) is 19.5. The maximum atomic E-state index is 12.3. The van der Waals surface area contributed by atoms with E-state index in [2.05, 4.69) is 9.88 Å². The molecule has 126 valence electrons. The number of hydrogen-bond acceptors (Lipinski definition) is 3. The first-order valence-electron chi connectivity index (χ1n) is 8.01. The van der Waals surface area contributed by atoms with Crippen molar-refractivity contribution in [3.8, 4) is 5.75 Å². The number of nitrogens with one attached hydrogen (secondary N) is 1. The van der Waals surface area contributed by atoms with Crippen LogP contribution in [0.25, 0.3) is 0 Å². The Balaban J connectivity index is 1.50. The van der Waals surface area contributed by atoms with E-state index in [1.54, 1.807) is 12.1 Å². The maximum Gasteiger partial charge on any atom is 0.260 e. The summed E-state index contributed by atoms with van der Waals surface area (Å²) < 4.78 is 5.65. The van der Waals surface area contributed by atoms with Crippen molar-refractivity contribution in [2.75, 3.05) is 37.7 Å². The van der Waals surface area contributed by atoms with Gasteiger partial charge in [-0.15, -0.1) is 0 Å². The molecular weight excluding hydrogens is 326 g/mol. The smallest absolute Gasteiger partial charge is 0.260 e. The van der Waals surface area contributed by atoms with Gasteiger partial charge < -0.3 is 14.5 Å². The number of carbonyl (C=O) groups excluding carboxylic acids is 1. The van der Waals surface area contributed by atoms with Gasteiger partial charge in [0.25, 0.3) is 5.91 Å². The summed E-state index contributed by atoms with van der Waals surface area (Å²) in [6.07, 6.45) is 3.82. The molecule has 0 unspecified atom stereocenters. The number of anilines is 1. The van der Waals surface area contributed by atoms with Crippen LogP contribution >= 0.6 is 11.6 Å². The lowest BCUT2D eigenvalue weighted by Gasteiger charge is -2.35. The fourth-order valence-electron chi connectivity index (χ4n) is 2.81. The fourth-order valence-corrected chi connectivity index (χ4v) is 3.04. The van der Waals surface area contributed by atoms with E-state index in [9.17, 15) is 4.79 Å². The van der Waals surface area contributed by atoms with Crippen molar-refractivity contribution in [3.05, 3.63) is 53.3 Å². The molecule has 0 radical (unpaired) electrons. The number of aromatic nitrogens is 1. The number of nitrogens with zero attached hydrogens (tertiary/aromatic N) is 2. The Morgan fingerprint density at radius 2 is 1.88 bits per heavy atom. The molecule has 1 aromatic heterocycles. The van der Waals surface area contributed by atoms with Crippen molar-refractivity contribution in [1.29, 1.82) is 0 Å². The van der Waals surface area contributed by atoms with E-state index in [1.165, 1.54) is 5.69 Å². The van der Waals surface area contributed by atoms with Crippen LogP contribution in [0, 0.1) is 6.92 Å². The molecule has 2 aromatic rings. The van der Waals surface area contributed by atoms with Crippen LogP contribution in [-0.4, -0.2) is 43.6 Å². The molecule has 1 N–H and O–H groups in total. The van der Waals surface area contributed by atoms with Crippen molar-refractivity contribution in [2.45, 2.75) is 6.92 Å². The number of ether oxygens (including phenoxy) is 1. The Bertz CT molecular complexity index is 701. The number of halogens is 1. The minimum atomic E-state index is 0.0189. The Labute approximate surface area is 146 Å². The molecule has 0 bridgehead atoms. The molecule has 0 saturated carbocycles. The van der Waals surface area contributed by atoms with Crippen LogP contribution in [0.15, 0.2) is 42.7 Å². The minimum absolute atomic E-state index is 0.0189. The van der Waals surface area contributed by atoms with Gasteiger partial charge >= 0.3 is 0 Å². The van der Waals surface area contributed by atoms with Crippen LogP contribution in [0.2, 0.25) is 5.02 Å². The number of hydrogen-bond donors (Lipinski definition) is 0. The van der Waals surface area contributed by atoms with E-state index in [-0.39, 0.29) is 12.5 Å². The van der Waals surface area contributed by atoms with Gasteiger partial charge in [-0.05, 0) is 30.7 Å². The van der Waals surface area contributed by atoms with Gasteiger partial charge in [0.1, 0.15) is 5.75 Å². The standard InChI is InChI=1S/C18H20ClN3O2/c1-14-12-15(19)2-3-17(14)24-13-18(23)22-10-8-21(9-11-22)16-4-6-20-7-5-16/h2-7,12H,8-11,13H2,1H3/p+1. The van der Waals surface area contributed by atoms with Crippen LogP contribution in [0.3, 0.4) is 0 Å². The van der Waals surface area contributed by atoms with Crippen LogP contribution in [0.5, 0.6) is 5.75 Å². The van der Waals surface area contributed by atoms with E-state index in [0.29, 0.717) is 23.9 Å². The Kier molecular flexibility index (Phi) is 5.20. The molecule has 24 heavy (non-hydrogen) atoms. The van der Waals surface area contributed by atoms with Crippen LogP contribution < -0.4 is 14.6 Å². The predicted octanol–water partition coefficient (Wildman–Crippen LogP) is 2.19. The molecule has 0 aliphatic carbocycles. The Morgan fingerprint density at radius 3 is 2.54 bits per heavy atom. The van der Waals surface area contributed by atoms with Crippen LogP contribution in [-0.2, 0) is 4.79 Å². The number of benzene rings is 1. The Morgan fingerprint density at radius 1 is 1.17 bits per heavy atom. The van der Waals surface area contributed by atoms with Gasteiger partial charge in [0.2, 0.25) is 0 Å². The summed E-state index contributed by atoms with van der Waals surface area (Å²) >= 11 is 5.93. The average molecular weight is 347 g/mol. The van der Waals surface area contributed by atoms with Gasteiger partial charge in [-0.3, -0.25) is 4.79 Å². The molecule has 1 aromatic carbocycles. The quantitative estimate of drug-likeness (QED) is 0.852. The third-order valence-corrected chi connectivity index (χ3v) is 4.42. The highest BCUT2D eigenvalue weighted by Crippen LogP contribution is 2.22. The number of pyridine rings is 1. The first kappa shape index (κ1) is 16.6. The normalized spacial score (nSPS) is 14.6. The van der Waals surface area contributed by atoms with Gasteiger partial charge in [-0.25, -0.2) is 4.98 Å². The summed E-state index contributed by atoms with van der Waals surface area (Å²) in [6, 6.07) is 9.49. The molecule has 1 aliphatic rings. The zero-order chi connectivity index (χ0) is 16.9. The number of amides is 1. The molecule has 0 spiro atoms. The second-order valence-corrected chi connectivity index (χ2v) is 6.26. The molecule has 5 nitrogen and oxygen atoms in total. The molecule has 1 saturated heterocycles. The zero-order valence-electron chi connectivity index (χ0n) is 13.7. The highest BCUT2D eigenvalue weighted by molar-refractivity contribution is 6.30. The molecule has 0 atom stereocenters. The van der Waals surface area contributed by atoms with E-state index in [1.807, 2.05) is 42.4 Å². The lowest BCUT2D eigenvalue weighted by Crippen LogP contribution is -2.50. The number of carbonyl (C=O) groups is 1. The van der Waals surface area contributed by atoms with Crippen molar-refractivity contribution in [2.24, 2.45) is 0 Å². The molecule has 6 heteroatoms. The van der Waals surface area contributed by atoms with E-state index < -0.39 is 0 Å². The van der Waals surface area contributed by atoms with Gasteiger partial charge in [0, 0.05) is 49.0 Å². The zero-order valence-corrected chi connectivity index (χ0v) is 14.4. The van der Waals surface area contributed by atoms with Crippen molar-refractivity contribution in [3.63, 3.8) is 0 Å². The van der Waals surface area contributed by atoms with Crippen LogP contribution in [0.1, 0.15) is 5.56 Å². The lowest BCUT2D eigenvalue weighted by molar-refractivity contribution is -0.377. The number of piperazine rings is 1. The van der Waals surface area contributed by atoms with Crippen molar-refractivity contribution < 1.29 is 14.5 Å². The number of H-pyrrole nitrogens is 1. The third-order valence-electron chi connectivity index (χ3n) is 4.19. The Hall–Kier alpha value is -2.27. The maximum absolute atomic E-state index is 12.3. The fraction of sp³-hybridized carbons (Fsp3) is 0.333. The first-order chi connectivity index (χ1) is 11.6. The van der Waals surface area contributed by atoms with E-state index in [0.717, 1.165) is 18.7 Å². The molecule has 1 aliphatic heterocycles. The number of aromatic amines is 1. The largest absolute Gasteiger partial charge is 0.483 e. The van der Waals surface area contributed by atoms with Gasteiger partial charge in [-0.1, -0.05) is 11.6 Å². The number of rotatable bonds is 4. The molecule has 2 heterocycles. The summed E-state index contributed by atoms with van der Waals surface area (Å²) in [5.41, 5.74) is 2.11. The summed E-state index contributed by atoms with van der Waals surface area (Å²) in [6.45, 7) is 5.05. The van der Waals surface area contributed by atoms with Gasteiger partial charge in [0.15, 0.2) is 19.0 Å².